The minimum absolute atomic E-state index is 0.00735. The highest BCUT2D eigenvalue weighted by molar-refractivity contribution is 7.87. The van der Waals surface area contributed by atoms with Gasteiger partial charge in [0.15, 0.2) is 5.76 Å². The summed E-state index contributed by atoms with van der Waals surface area (Å²) in [6, 6.07) is 14.6. The van der Waals surface area contributed by atoms with Gasteiger partial charge in [0, 0.05) is 36.4 Å². The van der Waals surface area contributed by atoms with Crippen molar-refractivity contribution in [2.45, 2.75) is 51.6 Å². The van der Waals surface area contributed by atoms with Crippen LogP contribution in [-0.4, -0.2) is 45.5 Å². The number of rotatable bonds is 12. The zero-order valence-corrected chi connectivity index (χ0v) is 22.2. The van der Waals surface area contributed by atoms with Gasteiger partial charge in [-0.25, -0.2) is 0 Å². The number of ether oxygens (including phenoxy) is 1. The minimum atomic E-state index is -4.14. The standard InChI is InChI=1S/C27H34N2O6S/c1-6-20(4)29(27(30)25-10-9-17-34-25)19-21-11-12-22(28(7-2)8-3)18-26(21)35-36(31,32)24-15-13-23(33-5)14-16-24/h9-18,20H,6-8,19H2,1-5H3/t20-/m0/s1. The lowest BCUT2D eigenvalue weighted by Gasteiger charge is -2.29. The van der Waals surface area contributed by atoms with Crippen LogP contribution >= 0.6 is 0 Å². The van der Waals surface area contributed by atoms with Gasteiger partial charge in [-0.05, 0) is 69.7 Å². The van der Waals surface area contributed by atoms with E-state index in [4.69, 9.17) is 13.3 Å². The van der Waals surface area contributed by atoms with Crippen LogP contribution in [0.15, 0.2) is 70.2 Å². The van der Waals surface area contributed by atoms with E-state index < -0.39 is 10.1 Å². The molecule has 3 aromatic rings. The predicted octanol–water partition coefficient (Wildman–Crippen LogP) is 5.34. The van der Waals surface area contributed by atoms with Crippen LogP contribution in [0.1, 0.15) is 50.2 Å². The van der Waals surface area contributed by atoms with E-state index in [1.807, 2.05) is 39.8 Å². The fraction of sp³-hybridized carbons (Fsp3) is 0.370. The molecule has 2 aromatic carbocycles. The lowest BCUT2D eigenvalue weighted by atomic mass is 10.1. The van der Waals surface area contributed by atoms with Crippen LogP contribution in [0.25, 0.3) is 0 Å². The smallest absolute Gasteiger partial charge is 0.339 e. The summed E-state index contributed by atoms with van der Waals surface area (Å²) in [5, 5.41) is 0. The van der Waals surface area contributed by atoms with Crippen molar-refractivity contribution in [2.24, 2.45) is 0 Å². The van der Waals surface area contributed by atoms with Gasteiger partial charge >= 0.3 is 10.1 Å². The lowest BCUT2D eigenvalue weighted by molar-refractivity contribution is 0.0638. The highest BCUT2D eigenvalue weighted by atomic mass is 32.2. The molecule has 0 unspecified atom stereocenters. The van der Waals surface area contributed by atoms with Gasteiger partial charge in [0.2, 0.25) is 0 Å². The summed E-state index contributed by atoms with van der Waals surface area (Å²) in [4.78, 5) is 17.0. The van der Waals surface area contributed by atoms with Crippen molar-refractivity contribution >= 4 is 21.7 Å². The summed E-state index contributed by atoms with van der Waals surface area (Å²) in [5.41, 5.74) is 1.40. The second-order valence-electron chi connectivity index (χ2n) is 8.34. The zero-order valence-electron chi connectivity index (χ0n) is 21.4. The summed E-state index contributed by atoms with van der Waals surface area (Å²) >= 11 is 0. The molecule has 1 amide bonds. The first-order chi connectivity index (χ1) is 17.2. The quantitative estimate of drug-likeness (QED) is 0.301. The molecule has 0 saturated carbocycles. The molecule has 1 aromatic heterocycles. The predicted molar refractivity (Wildman–Crippen MR) is 139 cm³/mol. The van der Waals surface area contributed by atoms with Crippen LogP contribution in [0.5, 0.6) is 11.5 Å². The molecule has 0 bridgehead atoms. The number of carbonyl (C=O) groups is 1. The molecule has 3 rings (SSSR count). The Morgan fingerprint density at radius 3 is 2.28 bits per heavy atom. The number of nitrogens with zero attached hydrogens (tertiary/aromatic N) is 2. The van der Waals surface area contributed by atoms with Crippen LogP contribution in [0.3, 0.4) is 0 Å². The highest BCUT2D eigenvalue weighted by Crippen LogP contribution is 2.31. The van der Waals surface area contributed by atoms with E-state index in [0.717, 1.165) is 18.8 Å². The maximum Gasteiger partial charge on any atom is 0.339 e. The number of furan rings is 1. The zero-order chi connectivity index (χ0) is 26.3. The van der Waals surface area contributed by atoms with Crippen molar-refractivity contribution in [3.05, 3.63) is 72.2 Å². The van der Waals surface area contributed by atoms with Crippen molar-refractivity contribution < 1.29 is 26.5 Å². The second-order valence-corrected chi connectivity index (χ2v) is 9.89. The molecule has 9 heteroatoms. The Hall–Kier alpha value is -3.46. The van der Waals surface area contributed by atoms with Gasteiger partial charge < -0.3 is 23.1 Å². The average molecular weight is 515 g/mol. The molecular formula is C27H34N2O6S. The summed E-state index contributed by atoms with van der Waals surface area (Å²) in [6.45, 7) is 9.63. The molecule has 36 heavy (non-hydrogen) atoms. The molecule has 0 spiro atoms. The number of methoxy groups -OCH3 is 1. The van der Waals surface area contributed by atoms with E-state index in [0.29, 0.717) is 17.7 Å². The highest BCUT2D eigenvalue weighted by Gasteiger charge is 2.26. The Kier molecular flexibility index (Phi) is 9.03. The van der Waals surface area contributed by atoms with Crippen LogP contribution < -0.4 is 13.8 Å². The van der Waals surface area contributed by atoms with Crippen LogP contribution in [0.2, 0.25) is 0 Å². The molecule has 0 aliphatic rings. The van der Waals surface area contributed by atoms with Gasteiger partial charge in [0.1, 0.15) is 16.4 Å². The van der Waals surface area contributed by atoms with Crippen molar-refractivity contribution in [2.75, 3.05) is 25.1 Å². The van der Waals surface area contributed by atoms with Crippen molar-refractivity contribution in [1.82, 2.24) is 4.90 Å². The van der Waals surface area contributed by atoms with E-state index in [-0.39, 0.29) is 34.9 Å². The van der Waals surface area contributed by atoms with E-state index in [1.165, 1.54) is 25.5 Å². The maximum absolute atomic E-state index is 13.2. The Morgan fingerprint density at radius 2 is 1.72 bits per heavy atom. The first-order valence-corrected chi connectivity index (χ1v) is 13.5. The molecule has 194 valence electrons. The Labute approximate surface area is 213 Å². The molecule has 0 radical (unpaired) electrons. The lowest BCUT2D eigenvalue weighted by Crippen LogP contribution is -2.37. The minimum Gasteiger partial charge on any atom is -0.497 e. The molecular weight excluding hydrogens is 480 g/mol. The molecule has 0 fully saturated rings. The number of hydrogen-bond acceptors (Lipinski definition) is 7. The topological polar surface area (TPSA) is 89.3 Å². The van der Waals surface area contributed by atoms with Gasteiger partial charge in [-0.3, -0.25) is 4.79 Å². The van der Waals surface area contributed by atoms with Crippen molar-refractivity contribution in [1.29, 1.82) is 0 Å². The van der Waals surface area contributed by atoms with E-state index in [2.05, 4.69) is 4.90 Å². The van der Waals surface area contributed by atoms with Crippen molar-refractivity contribution in [3.63, 3.8) is 0 Å². The third-order valence-electron chi connectivity index (χ3n) is 6.18. The van der Waals surface area contributed by atoms with Gasteiger partial charge in [-0.2, -0.15) is 8.42 Å². The van der Waals surface area contributed by atoms with Crippen LogP contribution in [0, 0.1) is 0 Å². The fourth-order valence-electron chi connectivity index (χ4n) is 3.82. The van der Waals surface area contributed by atoms with Crippen molar-refractivity contribution in [3.8, 4) is 11.5 Å². The number of amides is 1. The summed E-state index contributed by atoms with van der Waals surface area (Å²) in [7, 11) is -2.63. The Morgan fingerprint density at radius 1 is 1.03 bits per heavy atom. The third-order valence-corrected chi connectivity index (χ3v) is 7.43. The molecule has 1 atom stereocenters. The fourth-order valence-corrected chi connectivity index (χ4v) is 4.78. The molecule has 0 saturated heterocycles. The number of anilines is 1. The van der Waals surface area contributed by atoms with Gasteiger partial charge in [0.25, 0.3) is 5.91 Å². The van der Waals surface area contributed by atoms with Crippen LogP contribution in [-0.2, 0) is 16.7 Å². The van der Waals surface area contributed by atoms with Crippen LogP contribution in [0.4, 0.5) is 5.69 Å². The third kappa shape index (κ3) is 6.20. The molecule has 0 aliphatic carbocycles. The molecule has 0 N–H and O–H groups in total. The van der Waals surface area contributed by atoms with Gasteiger partial charge in [0.05, 0.1) is 19.9 Å². The first-order valence-electron chi connectivity index (χ1n) is 12.0. The van der Waals surface area contributed by atoms with E-state index >= 15 is 0 Å². The first kappa shape index (κ1) is 27.1. The normalized spacial score (nSPS) is 12.1. The molecule has 0 aliphatic heterocycles. The summed E-state index contributed by atoms with van der Waals surface area (Å²) in [6.07, 6.45) is 2.17. The van der Waals surface area contributed by atoms with Gasteiger partial charge in [-0.15, -0.1) is 0 Å². The number of carbonyl (C=O) groups excluding carboxylic acids is 1. The Bertz CT molecular complexity index is 1240. The monoisotopic (exact) mass is 514 g/mol. The average Bonchev–Trinajstić information content (AvgIpc) is 3.43. The van der Waals surface area contributed by atoms with E-state index in [9.17, 15) is 13.2 Å². The summed E-state index contributed by atoms with van der Waals surface area (Å²) < 4.78 is 42.6. The number of hydrogen-bond donors (Lipinski definition) is 0. The summed E-state index contributed by atoms with van der Waals surface area (Å²) in [5.74, 6) is 0.670. The number of benzene rings is 2. The second kappa shape index (κ2) is 12.0. The Balaban J connectivity index is 2.03. The molecule has 8 nitrogen and oxygen atoms in total. The maximum atomic E-state index is 13.2. The SMILES string of the molecule is CC[C@H](C)N(Cc1ccc(N(CC)CC)cc1OS(=O)(=O)c1ccc(OC)cc1)C(=O)c1ccco1. The largest absolute Gasteiger partial charge is 0.497 e. The van der Waals surface area contributed by atoms with Gasteiger partial charge in [-0.1, -0.05) is 13.0 Å². The van der Waals surface area contributed by atoms with E-state index in [1.54, 1.807) is 35.2 Å². The molecule has 1 heterocycles.